The Balaban J connectivity index is 1.91. The van der Waals surface area contributed by atoms with Crippen LogP contribution in [0.3, 0.4) is 0 Å². The Morgan fingerprint density at radius 1 is 1.03 bits per heavy atom. The van der Waals surface area contributed by atoms with Crippen molar-refractivity contribution >= 4 is 0 Å². The van der Waals surface area contributed by atoms with Gasteiger partial charge in [0.15, 0.2) is 11.6 Å². The number of alkyl halides is 3. The van der Waals surface area contributed by atoms with Crippen LogP contribution < -0.4 is 15.4 Å². The molecule has 2 atom stereocenters. The van der Waals surface area contributed by atoms with Gasteiger partial charge in [0.2, 0.25) is 0 Å². The summed E-state index contributed by atoms with van der Waals surface area (Å²) in [4.78, 5) is 3.52. The highest BCUT2D eigenvalue weighted by Crippen LogP contribution is 2.31. The maximum Gasteiger partial charge on any atom is 0.433 e. The molecule has 0 aliphatic heterocycles. The number of halogens is 5. The molecule has 3 rings (SSSR count). The van der Waals surface area contributed by atoms with Gasteiger partial charge < -0.3 is 10.1 Å². The Hall–Kier alpha value is -3.46. The summed E-state index contributed by atoms with van der Waals surface area (Å²) < 4.78 is 71.2. The molecule has 0 saturated heterocycles. The van der Waals surface area contributed by atoms with Crippen molar-refractivity contribution in [2.75, 3.05) is 14.2 Å². The Kier molecular flexibility index (Phi) is 8.45. The molecular weight excluding hydrogens is 465 g/mol. The van der Waals surface area contributed by atoms with Crippen molar-refractivity contribution in [2.45, 2.75) is 31.1 Å². The Labute approximate surface area is 200 Å². The molecule has 0 spiro atoms. The third kappa shape index (κ3) is 6.79. The number of hydrogen-bond acceptors (Lipinski definition) is 4. The molecule has 9 heteroatoms. The van der Waals surface area contributed by atoms with Crippen LogP contribution in [0.15, 0.2) is 73.1 Å². The zero-order valence-corrected chi connectivity index (χ0v) is 19.3. The monoisotopic (exact) mass is 491 g/mol. The third-order valence-corrected chi connectivity index (χ3v) is 5.66. The molecule has 0 unspecified atom stereocenters. The van der Waals surface area contributed by atoms with Crippen molar-refractivity contribution < 1.29 is 26.7 Å². The maximum atomic E-state index is 14.1. The van der Waals surface area contributed by atoms with Crippen LogP contribution in [-0.2, 0) is 12.6 Å². The quantitative estimate of drug-likeness (QED) is 0.335. The second-order valence-electron chi connectivity index (χ2n) is 7.96. The number of methoxy groups -OCH3 is 1. The molecule has 0 radical (unpaired) electrons. The van der Waals surface area contributed by atoms with Crippen molar-refractivity contribution in [3.8, 4) is 5.75 Å². The lowest BCUT2D eigenvalue weighted by molar-refractivity contribution is -0.141. The first-order valence-electron chi connectivity index (χ1n) is 10.9. The van der Waals surface area contributed by atoms with Crippen LogP contribution in [0.2, 0.25) is 0 Å². The van der Waals surface area contributed by atoms with E-state index in [-0.39, 0.29) is 17.6 Å². The summed E-state index contributed by atoms with van der Waals surface area (Å²) in [5.41, 5.74) is 1.73. The molecular formula is C26H26F5N3O. The Morgan fingerprint density at radius 2 is 1.71 bits per heavy atom. The van der Waals surface area contributed by atoms with E-state index in [0.29, 0.717) is 29.7 Å². The van der Waals surface area contributed by atoms with Gasteiger partial charge in [0.05, 0.1) is 13.2 Å². The summed E-state index contributed by atoms with van der Waals surface area (Å²) >= 11 is 0. The minimum absolute atomic E-state index is 0.0660. The van der Waals surface area contributed by atoms with E-state index in [0.717, 1.165) is 11.6 Å². The molecule has 0 fully saturated rings. The number of rotatable bonds is 10. The lowest BCUT2D eigenvalue weighted by Gasteiger charge is -2.28. The van der Waals surface area contributed by atoms with Gasteiger partial charge in [0, 0.05) is 25.0 Å². The predicted molar refractivity (Wildman–Crippen MR) is 124 cm³/mol. The number of aromatic nitrogens is 1. The van der Waals surface area contributed by atoms with Crippen molar-refractivity contribution in [3.05, 3.63) is 107 Å². The molecule has 2 N–H and O–H groups in total. The molecule has 1 aromatic heterocycles. The van der Waals surface area contributed by atoms with Crippen LogP contribution in [0.1, 0.15) is 40.9 Å². The molecule has 4 nitrogen and oxygen atoms in total. The topological polar surface area (TPSA) is 46.2 Å². The van der Waals surface area contributed by atoms with Crippen LogP contribution in [-0.4, -0.2) is 19.1 Å². The minimum Gasteiger partial charge on any atom is -0.494 e. The number of likely N-dealkylation sites (N-methyl/N-ethyl adjacent to an activating group) is 1. The van der Waals surface area contributed by atoms with Crippen molar-refractivity contribution in [1.29, 1.82) is 0 Å². The van der Waals surface area contributed by atoms with Crippen LogP contribution in [0.25, 0.3) is 0 Å². The van der Waals surface area contributed by atoms with E-state index in [4.69, 9.17) is 4.74 Å². The Morgan fingerprint density at radius 3 is 2.29 bits per heavy atom. The summed E-state index contributed by atoms with van der Waals surface area (Å²) in [5.74, 6) is -0.829. The zero-order valence-electron chi connectivity index (χ0n) is 19.3. The first kappa shape index (κ1) is 26.2. The number of nitrogens with zero attached hydrogens (tertiary/aromatic N) is 1. The fraction of sp³-hybridized carbons (Fsp3) is 0.269. The van der Waals surface area contributed by atoms with Gasteiger partial charge in [-0.2, -0.15) is 13.2 Å². The number of aryl methyl sites for hydroxylation is 1. The molecule has 35 heavy (non-hydrogen) atoms. The predicted octanol–water partition coefficient (Wildman–Crippen LogP) is 6.13. The van der Waals surface area contributed by atoms with Crippen LogP contribution in [0.5, 0.6) is 5.75 Å². The highest BCUT2D eigenvalue weighted by Gasteiger charge is 2.32. The average Bonchev–Trinajstić information content (AvgIpc) is 2.84. The van der Waals surface area contributed by atoms with E-state index in [1.807, 2.05) is 0 Å². The van der Waals surface area contributed by atoms with Gasteiger partial charge in [-0.15, -0.1) is 0 Å². The van der Waals surface area contributed by atoms with Crippen molar-refractivity contribution in [2.24, 2.45) is 0 Å². The number of hydrogen-bond donors (Lipinski definition) is 2. The molecule has 3 aromatic rings. The van der Waals surface area contributed by atoms with Gasteiger partial charge in [0.1, 0.15) is 11.5 Å². The molecule has 1 heterocycles. The van der Waals surface area contributed by atoms with Gasteiger partial charge in [0.25, 0.3) is 0 Å². The summed E-state index contributed by atoms with van der Waals surface area (Å²) in [6, 6.07) is 12.0. The van der Waals surface area contributed by atoms with E-state index < -0.39 is 23.7 Å². The number of benzene rings is 2. The number of ether oxygens (including phenoxy) is 1. The summed E-state index contributed by atoms with van der Waals surface area (Å²) in [6.45, 7) is 4.05. The van der Waals surface area contributed by atoms with Crippen molar-refractivity contribution in [3.63, 3.8) is 0 Å². The number of pyridine rings is 1. The van der Waals surface area contributed by atoms with Crippen molar-refractivity contribution in [1.82, 2.24) is 15.6 Å². The third-order valence-electron chi connectivity index (χ3n) is 5.66. The van der Waals surface area contributed by atoms with Gasteiger partial charge in [-0.05, 0) is 59.9 Å². The fourth-order valence-electron chi connectivity index (χ4n) is 3.69. The standard InChI is InChI=1S/C26H26F5N3O/c1-16(32-2)25(18-6-9-20(27)10-7-18)34-22(19-8-11-21(28)23(14-19)35-3)12-4-17-5-13-24(33-15-17)26(29,30)31/h5-11,13-15,22,25,32,34H,1,4,12H2,2-3H3/t22-,25-/m0/s1. The van der Waals surface area contributed by atoms with E-state index >= 15 is 0 Å². The molecule has 186 valence electrons. The summed E-state index contributed by atoms with van der Waals surface area (Å²) in [5, 5.41) is 6.48. The highest BCUT2D eigenvalue weighted by atomic mass is 19.4. The van der Waals surface area contributed by atoms with E-state index in [1.54, 1.807) is 31.3 Å². The molecule has 0 saturated carbocycles. The normalized spacial score (nSPS) is 13.2. The smallest absolute Gasteiger partial charge is 0.433 e. The second-order valence-corrected chi connectivity index (χ2v) is 7.96. The number of nitrogens with one attached hydrogen (secondary N) is 2. The molecule has 0 aliphatic rings. The average molecular weight is 492 g/mol. The first-order chi connectivity index (χ1) is 16.6. The Bertz CT molecular complexity index is 1130. The van der Waals surface area contributed by atoms with Gasteiger partial charge in [-0.1, -0.05) is 30.8 Å². The van der Waals surface area contributed by atoms with E-state index in [9.17, 15) is 22.0 Å². The lowest BCUT2D eigenvalue weighted by Crippen LogP contribution is -2.31. The first-order valence-corrected chi connectivity index (χ1v) is 10.9. The zero-order chi connectivity index (χ0) is 25.6. The van der Waals surface area contributed by atoms with Gasteiger partial charge in [-0.3, -0.25) is 10.3 Å². The van der Waals surface area contributed by atoms with Crippen LogP contribution in [0.4, 0.5) is 22.0 Å². The largest absolute Gasteiger partial charge is 0.494 e. The lowest BCUT2D eigenvalue weighted by atomic mass is 9.95. The maximum absolute atomic E-state index is 14.1. The molecule has 0 amide bonds. The van der Waals surface area contributed by atoms with Crippen LogP contribution in [0, 0.1) is 11.6 Å². The molecule has 0 aliphatic carbocycles. The SMILES string of the molecule is C=C(NC)[C@H](N[C@@H](CCc1ccc(C(F)(F)F)nc1)c1ccc(F)c(OC)c1)c1ccc(F)cc1. The van der Waals surface area contributed by atoms with Gasteiger partial charge in [-0.25, -0.2) is 8.78 Å². The highest BCUT2D eigenvalue weighted by molar-refractivity contribution is 5.34. The molecule has 0 bridgehead atoms. The molecule has 2 aromatic carbocycles. The van der Waals surface area contributed by atoms with E-state index in [2.05, 4.69) is 22.2 Å². The van der Waals surface area contributed by atoms with Crippen LogP contribution >= 0.6 is 0 Å². The van der Waals surface area contributed by atoms with E-state index in [1.165, 1.54) is 37.6 Å². The second kappa shape index (κ2) is 11.3. The van der Waals surface area contributed by atoms with Gasteiger partial charge >= 0.3 is 6.18 Å². The summed E-state index contributed by atoms with van der Waals surface area (Å²) in [7, 11) is 3.08. The fourth-order valence-corrected chi connectivity index (χ4v) is 3.69. The minimum atomic E-state index is -4.51. The summed E-state index contributed by atoms with van der Waals surface area (Å²) in [6.07, 6.45) is -2.47.